The van der Waals surface area contributed by atoms with Crippen LogP contribution < -0.4 is 10.1 Å². The summed E-state index contributed by atoms with van der Waals surface area (Å²) in [5.74, 6) is 1.44. The Kier molecular flexibility index (Phi) is 4.05. The van der Waals surface area contributed by atoms with Crippen LogP contribution >= 0.6 is 0 Å². The summed E-state index contributed by atoms with van der Waals surface area (Å²) in [6.07, 6.45) is 0. The number of nitrogens with one attached hydrogen (secondary N) is 1. The molecule has 1 aliphatic rings. The molecule has 0 bridgehead atoms. The van der Waals surface area contributed by atoms with Crippen molar-refractivity contribution in [2.45, 2.75) is 5.92 Å². The van der Waals surface area contributed by atoms with Crippen molar-refractivity contribution >= 4 is 11.6 Å². The molecule has 29 heavy (non-hydrogen) atoms. The van der Waals surface area contributed by atoms with Gasteiger partial charge in [-0.15, -0.1) is 5.10 Å². The number of ether oxygens (including phenoxy) is 1. The summed E-state index contributed by atoms with van der Waals surface area (Å²) in [5, 5.41) is 14.6. The molecule has 0 saturated carbocycles. The molecule has 0 fully saturated rings. The maximum Gasteiger partial charge on any atom is 0.236 e. The lowest BCUT2D eigenvalue weighted by Crippen LogP contribution is -2.25. The summed E-state index contributed by atoms with van der Waals surface area (Å²) in [6.45, 7) is 0. The van der Waals surface area contributed by atoms with Crippen molar-refractivity contribution in [2.75, 3.05) is 5.32 Å². The highest BCUT2D eigenvalue weighted by Gasteiger charge is 2.32. The van der Waals surface area contributed by atoms with Gasteiger partial charge >= 0.3 is 0 Å². The Hall–Kier alpha value is -4.00. The molecule has 1 N–H and O–H groups in total. The van der Waals surface area contributed by atoms with Crippen LogP contribution in [0.5, 0.6) is 11.5 Å². The first-order valence-electron chi connectivity index (χ1n) is 9.20. The summed E-state index contributed by atoms with van der Waals surface area (Å²) in [7, 11) is 1.77. The van der Waals surface area contributed by atoms with Crippen molar-refractivity contribution in [2.24, 2.45) is 7.05 Å². The van der Waals surface area contributed by atoms with E-state index in [-0.39, 0.29) is 5.91 Å². The molecule has 7 heteroatoms. The van der Waals surface area contributed by atoms with Crippen LogP contribution in [0.3, 0.4) is 0 Å². The van der Waals surface area contributed by atoms with Crippen molar-refractivity contribution in [1.82, 2.24) is 20.2 Å². The van der Waals surface area contributed by atoms with Crippen LogP contribution in [0.15, 0.2) is 72.8 Å². The molecule has 0 atom stereocenters. The number of nitrogens with zero attached hydrogens (tertiary/aromatic N) is 4. The molecule has 4 aromatic rings. The minimum absolute atomic E-state index is 0.124. The molecule has 0 aliphatic carbocycles. The van der Waals surface area contributed by atoms with Crippen LogP contribution in [0.4, 0.5) is 5.69 Å². The number of aryl methyl sites for hydroxylation is 1. The van der Waals surface area contributed by atoms with Gasteiger partial charge in [0, 0.05) is 29.4 Å². The zero-order valence-corrected chi connectivity index (χ0v) is 15.6. The highest BCUT2D eigenvalue weighted by atomic mass is 16.5. The number of rotatable bonds is 3. The first-order valence-corrected chi connectivity index (χ1v) is 9.20. The summed E-state index contributed by atoms with van der Waals surface area (Å²) in [5.41, 5.74) is 3.19. The molecule has 142 valence electrons. The zero-order valence-electron chi connectivity index (χ0n) is 15.6. The van der Waals surface area contributed by atoms with Crippen LogP contribution in [-0.2, 0) is 11.8 Å². The number of hydrogen-bond acceptors (Lipinski definition) is 5. The van der Waals surface area contributed by atoms with Crippen LogP contribution in [0.1, 0.15) is 17.0 Å². The molecule has 3 aromatic carbocycles. The van der Waals surface area contributed by atoms with Crippen LogP contribution in [0.2, 0.25) is 0 Å². The average Bonchev–Trinajstić information content (AvgIpc) is 3.18. The second-order valence-corrected chi connectivity index (χ2v) is 6.81. The fraction of sp³-hybridized carbons (Fsp3) is 0.0909. The predicted molar refractivity (Wildman–Crippen MR) is 108 cm³/mol. The van der Waals surface area contributed by atoms with Gasteiger partial charge in [0.25, 0.3) is 0 Å². The molecule has 0 radical (unpaired) electrons. The molecule has 2 heterocycles. The summed E-state index contributed by atoms with van der Waals surface area (Å²) < 4.78 is 7.57. The topological polar surface area (TPSA) is 81.9 Å². The van der Waals surface area contributed by atoms with Gasteiger partial charge in [0.15, 0.2) is 5.82 Å². The molecule has 1 aliphatic heterocycles. The average molecular weight is 383 g/mol. The van der Waals surface area contributed by atoms with Crippen LogP contribution in [0.25, 0.3) is 11.4 Å². The molecular formula is C22H17N5O2. The minimum Gasteiger partial charge on any atom is -0.457 e. The summed E-state index contributed by atoms with van der Waals surface area (Å²) >= 11 is 0. The molecule has 0 saturated heterocycles. The lowest BCUT2D eigenvalue weighted by Gasteiger charge is -2.27. The Morgan fingerprint density at radius 1 is 0.966 bits per heavy atom. The Bertz CT molecular complexity index is 1170. The van der Waals surface area contributed by atoms with Crippen molar-refractivity contribution in [1.29, 1.82) is 0 Å². The Labute approximate surface area is 167 Å². The zero-order chi connectivity index (χ0) is 19.8. The maximum absolute atomic E-state index is 13.3. The standard InChI is InChI=1S/C22H17N5O2/c1-27-21(24-25-26-27)14-7-6-8-15(13-14)23-22(28)20-16-9-2-4-11-18(16)29-19-12-5-3-10-17(19)20/h2-13,20H,1H3,(H,23,28). The fourth-order valence-corrected chi connectivity index (χ4v) is 3.62. The van der Waals surface area contributed by atoms with E-state index in [2.05, 4.69) is 20.8 Å². The lowest BCUT2D eigenvalue weighted by molar-refractivity contribution is -0.116. The third kappa shape index (κ3) is 3.02. The lowest BCUT2D eigenvalue weighted by atomic mass is 9.87. The van der Waals surface area contributed by atoms with E-state index in [4.69, 9.17) is 4.74 Å². The fourth-order valence-electron chi connectivity index (χ4n) is 3.62. The number of hydrogen-bond donors (Lipinski definition) is 1. The minimum atomic E-state index is -0.462. The monoisotopic (exact) mass is 383 g/mol. The van der Waals surface area contributed by atoms with E-state index in [9.17, 15) is 4.79 Å². The van der Waals surface area contributed by atoms with Gasteiger partial charge in [-0.25, -0.2) is 4.68 Å². The number of anilines is 1. The van der Waals surface area contributed by atoms with Gasteiger partial charge in [-0.05, 0) is 34.7 Å². The molecule has 1 aromatic heterocycles. The van der Waals surface area contributed by atoms with Gasteiger partial charge in [-0.2, -0.15) is 0 Å². The van der Waals surface area contributed by atoms with Crippen molar-refractivity contribution in [3.05, 3.63) is 83.9 Å². The van der Waals surface area contributed by atoms with Gasteiger partial charge in [-0.3, -0.25) is 4.79 Å². The van der Waals surface area contributed by atoms with Gasteiger partial charge in [-0.1, -0.05) is 48.5 Å². The highest BCUT2D eigenvalue weighted by Crippen LogP contribution is 2.44. The van der Waals surface area contributed by atoms with E-state index in [1.807, 2.05) is 72.8 Å². The second kappa shape index (κ2) is 6.87. The molecule has 5 rings (SSSR count). The Morgan fingerprint density at radius 2 is 1.66 bits per heavy atom. The van der Waals surface area contributed by atoms with E-state index in [1.165, 1.54) is 0 Å². The van der Waals surface area contributed by atoms with Crippen molar-refractivity contribution in [3.63, 3.8) is 0 Å². The third-order valence-corrected chi connectivity index (χ3v) is 4.95. The molecule has 0 spiro atoms. The number of aromatic nitrogens is 4. The number of carbonyl (C=O) groups excluding carboxylic acids is 1. The number of carbonyl (C=O) groups is 1. The van der Waals surface area contributed by atoms with Gasteiger partial charge < -0.3 is 10.1 Å². The largest absolute Gasteiger partial charge is 0.457 e. The summed E-state index contributed by atoms with van der Waals surface area (Å²) in [4.78, 5) is 13.3. The van der Waals surface area contributed by atoms with E-state index in [0.29, 0.717) is 23.0 Å². The smallest absolute Gasteiger partial charge is 0.236 e. The number of fused-ring (bicyclic) bond motifs is 2. The van der Waals surface area contributed by atoms with E-state index < -0.39 is 5.92 Å². The summed E-state index contributed by atoms with van der Waals surface area (Å²) in [6, 6.07) is 22.7. The van der Waals surface area contributed by atoms with Crippen LogP contribution in [-0.4, -0.2) is 26.1 Å². The number of para-hydroxylation sites is 2. The molecule has 0 unspecified atom stereocenters. The Morgan fingerprint density at radius 3 is 2.31 bits per heavy atom. The van der Waals surface area contributed by atoms with E-state index >= 15 is 0 Å². The number of tetrazole rings is 1. The van der Waals surface area contributed by atoms with Crippen molar-refractivity contribution < 1.29 is 9.53 Å². The quantitative estimate of drug-likeness (QED) is 0.583. The third-order valence-electron chi connectivity index (χ3n) is 4.95. The molecule has 7 nitrogen and oxygen atoms in total. The van der Waals surface area contributed by atoms with Gasteiger partial charge in [0.2, 0.25) is 5.91 Å². The van der Waals surface area contributed by atoms with Crippen LogP contribution in [0, 0.1) is 0 Å². The first-order chi connectivity index (χ1) is 14.2. The van der Waals surface area contributed by atoms with Crippen molar-refractivity contribution in [3.8, 4) is 22.9 Å². The second-order valence-electron chi connectivity index (χ2n) is 6.81. The van der Waals surface area contributed by atoms with E-state index in [0.717, 1.165) is 16.7 Å². The normalized spacial score (nSPS) is 12.6. The first kappa shape index (κ1) is 17.1. The molecular weight excluding hydrogens is 366 g/mol. The Balaban J connectivity index is 1.50. The van der Waals surface area contributed by atoms with Gasteiger partial charge in [0.1, 0.15) is 11.5 Å². The molecule has 1 amide bonds. The maximum atomic E-state index is 13.3. The van der Waals surface area contributed by atoms with Gasteiger partial charge in [0.05, 0.1) is 5.92 Å². The van der Waals surface area contributed by atoms with E-state index in [1.54, 1.807) is 11.7 Å². The predicted octanol–water partition coefficient (Wildman–Crippen LogP) is 3.75. The number of amides is 1. The SMILES string of the molecule is Cn1nnnc1-c1cccc(NC(=O)C2c3ccccc3Oc3ccccc32)c1. The number of benzene rings is 3. The highest BCUT2D eigenvalue weighted by molar-refractivity contribution is 5.99.